The third-order valence-electron chi connectivity index (χ3n) is 5.35. The van der Waals surface area contributed by atoms with Gasteiger partial charge in [-0.05, 0) is 23.3 Å². The van der Waals surface area contributed by atoms with Crippen molar-refractivity contribution in [2.24, 2.45) is 11.8 Å². The first-order chi connectivity index (χ1) is 12.7. The Balaban J connectivity index is 1.44. The Hall–Kier alpha value is -2.66. The number of carbonyl (C=O) groups is 2. The summed E-state index contributed by atoms with van der Waals surface area (Å²) in [6.07, 6.45) is 0.0628. The molecule has 2 aliphatic rings. The summed E-state index contributed by atoms with van der Waals surface area (Å²) in [6, 6.07) is 17.2. The molecule has 1 N–H and O–H groups in total. The van der Waals surface area contributed by atoms with Gasteiger partial charge in [0, 0.05) is 24.9 Å². The maximum atomic E-state index is 12.5. The van der Waals surface area contributed by atoms with Crippen LogP contribution in [0.5, 0.6) is 0 Å². The van der Waals surface area contributed by atoms with E-state index in [1.807, 2.05) is 42.5 Å². The Kier molecular flexibility index (Phi) is 4.47. The quantitative estimate of drug-likeness (QED) is 0.857. The largest absolute Gasteiger partial charge is 0.462 e. The van der Waals surface area contributed by atoms with Crippen molar-refractivity contribution < 1.29 is 24.2 Å². The van der Waals surface area contributed by atoms with Crippen LogP contribution in [0.4, 0.5) is 0 Å². The molecule has 0 unspecified atom stereocenters. The summed E-state index contributed by atoms with van der Waals surface area (Å²) >= 11 is 0. The minimum atomic E-state index is -0.426. The first-order valence-corrected chi connectivity index (χ1v) is 8.82. The minimum Gasteiger partial charge on any atom is -0.462 e. The molecule has 2 fully saturated rings. The predicted molar refractivity (Wildman–Crippen MR) is 94.3 cm³/mol. The average Bonchev–Trinajstić information content (AvgIpc) is 3.17. The van der Waals surface area contributed by atoms with Crippen LogP contribution >= 0.6 is 0 Å². The molecule has 1 saturated carbocycles. The summed E-state index contributed by atoms with van der Waals surface area (Å²) in [6.45, 7) is -0.122. The smallest absolute Gasteiger partial charge is 0.338 e. The maximum Gasteiger partial charge on any atom is 0.338 e. The first-order valence-electron chi connectivity index (χ1n) is 8.82. The van der Waals surface area contributed by atoms with Crippen molar-refractivity contribution in [2.45, 2.75) is 25.0 Å². The van der Waals surface area contributed by atoms with E-state index >= 15 is 0 Å². The summed E-state index contributed by atoms with van der Waals surface area (Å²) in [5.74, 6) is -0.969. The van der Waals surface area contributed by atoms with E-state index in [-0.39, 0.29) is 36.9 Å². The fraction of sp³-hybridized carbons (Fsp3) is 0.333. The number of hydrogen-bond donors (Lipinski definition) is 1. The molecule has 2 aromatic rings. The Morgan fingerprint density at radius 2 is 1.77 bits per heavy atom. The Morgan fingerprint density at radius 3 is 2.46 bits per heavy atom. The van der Waals surface area contributed by atoms with Crippen molar-refractivity contribution in [3.63, 3.8) is 0 Å². The highest BCUT2D eigenvalue weighted by atomic mass is 16.6. The standard InChI is InChI=1S/C21H20O5/c22-12-17-16-10-20(23)25-18(16)11-19(17)26-21(24)15-8-6-14(7-9-15)13-4-2-1-3-5-13/h1-9,16-19,22H,10-12H2/t16-,17+,18+,19+/m1/s1. The molecule has 4 atom stereocenters. The van der Waals surface area contributed by atoms with Gasteiger partial charge >= 0.3 is 11.9 Å². The third-order valence-corrected chi connectivity index (χ3v) is 5.35. The van der Waals surface area contributed by atoms with Gasteiger partial charge in [-0.15, -0.1) is 0 Å². The monoisotopic (exact) mass is 352 g/mol. The summed E-state index contributed by atoms with van der Waals surface area (Å²) < 4.78 is 10.9. The van der Waals surface area contributed by atoms with Crippen molar-refractivity contribution >= 4 is 11.9 Å². The predicted octanol–water partition coefficient (Wildman–Crippen LogP) is 2.82. The van der Waals surface area contributed by atoms with E-state index in [9.17, 15) is 14.7 Å². The SMILES string of the molecule is O=C1C[C@@H]2[C@H](CO)[C@@H](OC(=O)c3ccc(-c4ccccc4)cc3)C[C@@H]2O1. The first kappa shape index (κ1) is 16.8. The van der Waals surface area contributed by atoms with Crippen LogP contribution in [0.1, 0.15) is 23.2 Å². The number of hydrogen-bond acceptors (Lipinski definition) is 5. The normalized spacial score (nSPS) is 27.0. The molecule has 0 amide bonds. The van der Waals surface area contributed by atoms with E-state index in [4.69, 9.17) is 9.47 Å². The van der Waals surface area contributed by atoms with Crippen molar-refractivity contribution in [2.75, 3.05) is 6.61 Å². The van der Waals surface area contributed by atoms with E-state index in [0.29, 0.717) is 12.0 Å². The van der Waals surface area contributed by atoms with Gasteiger partial charge in [0.1, 0.15) is 12.2 Å². The summed E-state index contributed by atoms with van der Waals surface area (Å²) in [5.41, 5.74) is 2.58. The van der Waals surface area contributed by atoms with Crippen LogP contribution in [0.25, 0.3) is 11.1 Å². The molecular formula is C21H20O5. The third kappa shape index (κ3) is 3.10. The number of rotatable bonds is 4. The highest BCUT2D eigenvalue weighted by molar-refractivity contribution is 5.90. The van der Waals surface area contributed by atoms with Crippen LogP contribution in [0.3, 0.4) is 0 Å². The van der Waals surface area contributed by atoms with Crippen molar-refractivity contribution in [1.82, 2.24) is 0 Å². The molecule has 1 aliphatic heterocycles. The zero-order valence-electron chi connectivity index (χ0n) is 14.2. The molecule has 4 rings (SSSR count). The number of aliphatic hydroxyl groups is 1. The minimum absolute atomic E-state index is 0.0641. The number of aliphatic hydroxyl groups excluding tert-OH is 1. The molecule has 1 saturated heterocycles. The molecular weight excluding hydrogens is 332 g/mol. The van der Waals surface area contributed by atoms with E-state index in [0.717, 1.165) is 11.1 Å². The average molecular weight is 352 g/mol. The Bertz CT molecular complexity index is 799. The second-order valence-electron chi connectivity index (χ2n) is 6.87. The second-order valence-corrected chi connectivity index (χ2v) is 6.87. The van der Waals surface area contributed by atoms with Gasteiger partial charge < -0.3 is 14.6 Å². The van der Waals surface area contributed by atoms with Gasteiger partial charge in [-0.25, -0.2) is 4.79 Å². The summed E-state index contributed by atoms with van der Waals surface area (Å²) in [5, 5.41) is 9.66. The molecule has 0 spiro atoms. The highest BCUT2D eigenvalue weighted by Gasteiger charge is 2.51. The van der Waals surface area contributed by atoms with Crippen LogP contribution in [-0.4, -0.2) is 35.9 Å². The van der Waals surface area contributed by atoms with E-state index in [2.05, 4.69) is 0 Å². The fourth-order valence-corrected chi connectivity index (χ4v) is 3.98. The van der Waals surface area contributed by atoms with Crippen molar-refractivity contribution in [3.8, 4) is 11.1 Å². The van der Waals surface area contributed by atoms with Crippen LogP contribution < -0.4 is 0 Å². The molecule has 5 heteroatoms. The topological polar surface area (TPSA) is 72.8 Å². The van der Waals surface area contributed by atoms with Gasteiger partial charge in [-0.3, -0.25) is 4.79 Å². The van der Waals surface area contributed by atoms with E-state index < -0.39 is 12.1 Å². The highest BCUT2D eigenvalue weighted by Crippen LogP contribution is 2.42. The maximum absolute atomic E-state index is 12.5. The number of benzene rings is 2. The van der Waals surface area contributed by atoms with Gasteiger partial charge in [0.2, 0.25) is 0 Å². The number of carbonyl (C=O) groups excluding carboxylic acids is 2. The van der Waals surface area contributed by atoms with E-state index in [1.54, 1.807) is 12.1 Å². The van der Waals surface area contributed by atoms with Crippen LogP contribution in [0.15, 0.2) is 54.6 Å². The number of fused-ring (bicyclic) bond motifs is 1. The van der Waals surface area contributed by atoms with Gasteiger partial charge in [0.05, 0.1) is 12.0 Å². The molecule has 134 valence electrons. The lowest BCUT2D eigenvalue weighted by Gasteiger charge is -2.20. The molecule has 1 aliphatic carbocycles. The Morgan fingerprint density at radius 1 is 1.08 bits per heavy atom. The van der Waals surface area contributed by atoms with Gasteiger partial charge in [0.15, 0.2) is 0 Å². The second kappa shape index (κ2) is 6.92. The summed E-state index contributed by atoms with van der Waals surface area (Å²) in [7, 11) is 0. The van der Waals surface area contributed by atoms with Crippen molar-refractivity contribution in [1.29, 1.82) is 0 Å². The molecule has 5 nitrogen and oxygen atoms in total. The van der Waals surface area contributed by atoms with Gasteiger partial charge in [-0.2, -0.15) is 0 Å². The van der Waals surface area contributed by atoms with Crippen LogP contribution in [0.2, 0.25) is 0 Å². The lowest BCUT2D eigenvalue weighted by molar-refractivity contribution is -0.141. The Labute approximate surface area is 151 Å². The summed E-state index contributed by atoms with van der Waals surface area (Å²) in [4.78, 5) is 23.9. The van der Waals surface area contributed by atoms with E-state index in [1.165, 1.54) is 0 Å². The molecule has 2 aromatic carbocycles. The lowest BCUT2D eigenvalue weighted by Crippen LogP contribution is -2.28. The lowest BCUT2D eigenvalue weighted by atomic mass is 9.93. The number of ether oxygens (including phenoxy) is 2. The van der Waals surface area contributed by atoms with Crippen LogP contribution in [0, 0.1) is 11.8 Å². The zero-order valence-corrected chi connectivity index (χ0v) is 14.2. The van der Waals surface area contributed by atoms with Crippen LogP contribution in [-0.2, 0) is 14.3 Å². The zero-order chi connectivity index (χ0) is 18.1. The van der Waals surface area contributed by atoms with Gasteiger partial charge in [0.25, 0.3) is 0 Å². The molecule has 1 heterocycles. The number of esters is 2. The van der Waals surface area contributed by atoms with Gasteiger partial charge in [-0.1, -0.05) is 42.5 Å². The molecule has 0 bridgehead atoms. The van der Waals surface area contributed by atoms with Crippen molar-refractivity contribution in [3.05, 3.63) is 60.2 Å². The molecule has 0 aromatic heterocycles. The fourth-order valence-electron chi connectivity index (χ4n) is 3.98. The molecule has 0 radical (unpaired) electrons. The molecule has 26 heavy (non-hydrogen) atoms.